The maximum atomic E-state index is 5.26. The van der Waals surface area contributed by atoms with Crippen LogP contribution in [0.15, 0.2) is 73.1 Å². The summed E-state index contributed by atoms with van der Waals surface area (Å²) in [6.45, 7) is 0. The van der Waals surface area contributed by atoms with Crippen molar-refractivity contribution in [2.45, 2.75) is 0 Å². The first-order chi connectivity index (χ1) is 9.36. The fourth-order valence-electron chi connectivity index (χ4n) is 2.13. The van der Waals surface area contributed by atoms with Gasteiger partial charge in [-0.25, -0.2) is 0 Å². The quantitative estimate of drug-likeness (QED) is 0.680. The zero-order valence-electron chi connectivity index (χ0n) is 10.8. The first-order valence-electron chi connectivity index (χ1n) is 6.25. The van der Waals surface area contributed by atoms with E-state index in [0.29, 0.717) is 0 Å². The Balaban J connectivity index is 1.97. The minimum Gasteiger partial charge on any atom is -0.497 e. The Hall–Kier alpha value is -2.48. The standard InChI is InChI=1S/C17H15NO/c1-19-17-9-5-6-14(12-17)15-10-11-18(13-15)16-7-3-2-4-8-16/h2-13H,1H3. The maximum Gasteiger partial charge on any atom is 0.119 e. The molecule has 2 nitrogen and oxygen atoms in total. The minimum absolute atomic E-state index is 0.880. The van der Waals surface area contributed by atoms with Gasteiger partial charge in [-0.1, -0.05) is 30.3 Å². The molecule has 0 atom stereocenters. The summed E-state index contributed by atoms with van der Waals surface area (Å²) in [5, 5.41) is 0. The average Bonchev–Trinajstić information content (AvgIpc) is 2.98. The molecule has 0 aliphatic rings. The summed E-state index contributed by atoms with van der Waals surface area (Å²) in [5.74, 6) is 0.880. The molecule has 0 saturated carbocycles. The maximum absolute atomic E-state index is 5.26. The molecule has 0 aliphatic heterocycles. The number of aromatic nitrogens is 1. The lowest BCUT2D eigenvalue weighted by Gasteiger charge is -2.03. The van der Waals surface area contributed by atoms with E-state index in [-0.39, 0.29) is 0 Å². The lowest BCUT2D eigenvalue weighted by atomic mass is 10.1. The monoisotopic (exact) mass is 249 g/mol. The predicted molar refractivity (Wildman–Crippen MR) is 77.8 cm³/mol. The third kappa shape index (κ3) is 2.38. The Morgan fingerprint density at radius 1 is 0.842 bits per heavy atom. The van der Waals surface area contributed by atoms with Gasteiger partial charge in [0.05, 0.1) is 7.11 Å². The van der Waals surface area contributed by atoms with Crippen molar-refractivity contribution in [3.63, 3.8) is 0 Å². The molecule has 3 rings (SSSR count). The number of rotatable bonds is 3. The Kier molecular flexibility index (Phi) is 3.07. The van der Waals surface area contributed by atoms with Gasteiger partial charge in [0, 0.05) is 18.1 Å². The molecule has 94 valence electrons. The van der Waals surface area contributed by atoms with E-state index < -0.39 is 0 Å². The SMILES string of the molecule is COc1cccc(-c2ccn(-c3ccccc3)c2)c1. The molecule has 1 aromatic heterocycles. The van der Waals surface area contributed by atoms with Crippen LogP contribution in [0.4, 0.5) is 0 Å². The smallest absolute Gasteiger partial charge is 0.119 e. The number of ether oxygens (including phenoxy) is 1. The second-order valence-electron chi connectivity index (χ2n) is 4.37. The highest BCUT2D eigenvalue weighted by Crippen LogP contribution is 2.25. The van der Waals surface area contributed by atoms with Crippen LogP contribution < -0.4 is 4.74 Å². The summed E-state index contributed by atoms with van der Waals surface area (Å²) >= 11 is 0. The van der Waals surface area contributed by atoms with Gasteiger partial charge in [-0.15, -0.1) is 0 Å². The van der Waals surface area contributed by atoms with Gasteiger partial charge >= 0.3 is 0 Å². The molecule has 0 radical (unpaired) electrons. The van der Waals surface area contributed by atoms with Crippen LogP contribution in [-0.2, 0) is 0 Å². The van der Waals surface area contributed by atoms with Crippen LogP contribution in [0.5, 0.6) is 5.75 Å². The Labute approximate surface area is 112 Å². The van der Waals surface area contributed by atoms with E-state index >= 15 is 0 Å². The number of para-hydroxylation sites is 1. The molecule has 1 heterocycles. The minimum atomic E-state index is 0.880. The fourth-order valence-corrected chi connectivity index (χ4v) is 2.13. The Bertz CT molecular complexity index is 670. The van der Waals surface area contributed by atoms with Gasteiger partial charge in [0.2, 0.25) is 0 Å². The van der Waals surface area contributed by atoms with Gasteiger partial charge in [0.15, 0.2) is 0 Å². The highest BCUT2D eigenvalue weighted by atomic mass is 16.5. The van der Waals surface area contributed by atoms with E-state index in [2.05, 4.69) is 41.2 Å². The number of hydrogen-bond donors (Lipinski definition) is 0. The number of methoxy groups -OCH3 is 1. The molecule has 0 unspecified atom stereocenters. The van der Waals surface area contributed by atoms with Crippen LogP contribution in [0.1, 0.15) is 0 Å². The van der Waals surface area contributed by atoms with E-state index in [9.17, 15) is 0 Å². The molecular formula is C17H15NO. The predicted octanol–water partition coefficient (Wildman–Crippen LogP) is 4.15. The average molecular weight is 249 g/mol. The molecule has 3 aromatic rings. The van der Waals surface area contributed by atoms with Crippen LogP contribution >= 0.6 is 0 Å². The molecule has 0 amide bonds. The van der Waals surface area contributed by atoms with Crippen molar-refractivity contribution in [1.82, 2.24) is 4.57 Å². The molecule has 0 aliphatic carbocycles. The van der Waals surface area contributed by atoms with Crippen LogP contribution in [0.2, 0.25) is 0 Å². The number of hydrogen-bond acceptors (Lipinski definition) is 1. The molecule has 0 spiro atoms. The summed E-state index contributed by atoms with van der Waals surface area (Å²) in [6.07, 6.45) is 4.20. The van der Waals surface area contributed by atoms with Crippen molar-refractivity contribution in [3.8, 4) is 22.6 Å². The molecule has 19 heavy (non-hydrogen) atoms. The zero-order valence-corrected chi connectivity index (χ0v) is 10.8. The van der Waals surface area contributed by atoms with E-state index in [4.69, 9.17) is 4.74 Å². The van der Waals surface area contributed by atoms with E-state index in [1.807, 2.05) is 36.4 Å². The summed E-state index contributed by atoms with van der Waals surface area (Å²) in [7, 11) is 1.69. The summed E-state index contributed by atoms with van der Waals surface area (Å²) in [5.41, 5.74) is 3.51. The highest BCUT2D eigenvalue weighted by Gasteiger charge is 2.02. The molecule has 0 N–H and O–H groups in total. The topological polar surface area (TPSA) is 14.2 Å². The van der Waals surface area contributed by atoms with Crippen molar-refractivity contribution in [2.24, 2.45) is 0 Å². The number of nitrogens with zero attached hydrogens (tertiary/aromatic N) is 1. The Morgan fingerprint density at radius 3 is 2.47 bits per heavy atom. The summed E-state index contributed by atoms with van der Waals surface area (Å²) in [6, 6.07) is 20.5. The third-order valence-corrected chi connectivity index (χ3v) is 3.15. The van der Waals surface area contributed by atoms with E-state index in [0.717, 1.165) is 17.0 Å². The normalized spacial score (nSPS) is 10.4. The van der Waals surface area contributed by atoms with Crippen LogP contribution in [0.3, 0.4) is 0 Å². The molecule has 2 aromatic carbocycles. The molecule has 0 fully saturated rings. The fraction of sp³-hybridized carbons (Fsp3) is 0.0588. The van der Waals surface area contributed by atoms with Crippen LogP contribution in [0, 0.1) is 0 Å². The van der Waals surface area contributed by atoms with Crippen molar-refractivity contribution in [2.75, 3.05) is 7.11 Å². The van der Waals surface area contributed by atoms with Crippen molar-refractivity contribution < 1.29 is 4.74 Å². The van der Waals surface area contributed by atoms with Gasteiger partial charge in [0.25, 0.3) is 0 Å². The molecular weight excluding hydrogens is 234 g/mol. The van der Waals surface area contributed by atoms with Gasteiger partial charge in [0.1, 0.15) is 5.75 Å². The van der Waals surface area contributed by atoms with Crippen molar-refractivity contribution in [1.29, 1.82) is 0 Å². The lowest BCUT2D eigenvalue weighted by Crippen LogP contribution is -1.87. The molecule has 0 saturated heterocycles. The highest BCUT2D eigenvalue weighted by molar-refractivity contribution is 5.65. The van der Waals surface area contributed by atoms with E-state index in [1.165, 1.54) is 5.56 Å². The van der Waals surface area contributed by atoms with Gasteiger partial charge < -0.3 is 9.30 Å². The third-order valence-electron chi connectivity index (χ3n) is 3.15. The lowest BCUT2D eigenvalue weighted by molar-refractivity contribution is 0.415. The summed E-state index contributed by atoms with van der Waals surface area (Å²) < 4.78 is 7.38. The molecule has 2 heteroatoms. The van der Waals surface area contributed by atoms with Crippen LogP contribution in [0.25, 0.3) is 16.8 Å². The summed E-state index contributed by atoms with van der Waals surface area (Å²) in [4.78, 5) is 0. The van der Waals surface area contributed by atoms with Gasteiger partial charge in [-0.2, -0.15) is 0 Å². The first-order valence-corrected chi connectivity index (χ1v) is 6.25. The largest absolute Gasteiger partial charge is 0.497 e. The van der Waals surface area contributed by atoms with Crippen LogP contribution in [-0.4, -0.2) is 11.7 Å². The van der Waals surface area contributed by atoms with Crippen molar-refractivity contribution >= 4 is 0 Å². The Morgan fingerprint density at radius 2 is 1.68 bits per heavy atom. The van der Waals surface area contributed by atoms with Gasteiger partial charge in [-0.3, -0.25) is 0 Å². The first kappa shape index (κ1) is 11.6. The van der Waals surface area contributed by atoms with Gasteiger partial charge in [-0.05, 0) is 41.5 Å². The molecule has 0 bridgehead atoms. The van der Waals surface area contributed by atoms with E-state index in [1.54, 1.807) is 7.11 Å². The second kappa shape index (κ2) is 5.02. The zero-order chi connectivity index (χ0) is 13.1. The second-order valence-corrected chi connectivity index (χ2v) is 4.37. The number of benzene rings is 2. The van der Waals surface area contributed by atoms with Crippen molar-refractivity contribution in [3.05, 3.63) is 73.1 Å².